The molecule has 1 aromatic heterocycles. The average Bonchev–Trinajstić information content (AvgIpc) is 3.54. The SMILES string of the molecule is CCCCCCCCCCCCCCCC(=O)N[C@@H]1CCN[C@@H]([C@@H](O[C@@H]2O[C@H](CN)[C@@H](O)[C@H]2O)[C@H]2O[C@@H](n3ccc(=O)[nH]c3=O)[C@H](O)[C@@H]2O)C1. The smallest absolute Gasteiger partial charge is 0.330 e. The maximum Gasteiger partial charge on any atom is 0.330 e. The first-order chi connectivity index (χ1) is 24.1. The van der Waals surface area contributed by atoms with Gasteiger partial charge >= 0.3 is 5.69 Å². The molecule has 4 heterocycles. The molecule has 3 aliphatic rings. The van der Waals surface area contributed by atoms with E-state index < -0.39 is 72.5 Å². The highest BCUT2D eigenvalue weighted by molar-refractivity contribution is 5.76. The zero-order chi connectivity index (χ0) is 36.0. The molecule has 11 atom stereocenters. The van der Waals surface area contributed by atoms with E-state index in [0.29, 0.717) is 25.8 Å². The number of nitrogens with zero attached hydrogens (tertiary/aromatic N) is 1. The Bertz CT molecular complexity index is 1260. The Morgan fingerprint density at radius 2 is 1.58 bits per heavy atom. The number of piperidine rings is 1. The van der Waals surface area contributed by atoms with Crippen molar-refractivity contribution >= 4 is 5.91 Å². The fourth-order valence-electron chi connectivity index (χ4n) is 7.33. The number of H-pyrrole nitrogens is 1. The molecule has 0 radical (unpaired) electrons. The summed E-state index contributed by atoms with van der Waals surface area (Å²) in [5, 5.41) is 49.7. The van der Waals surface area contributed by atoms with Gasteiger partial charge in [-0.25, -0.2) is 4.79 Å². The normalized spacial score (nSPS) is 32.0. The summed E-state index contributed by atoms with van der Waals surface area (Å²) >= 11 is 0. The molecule has 1 amide bonds. The molecule has 0 aromatic carbocycles. The highest BCUT2D eigenvalue weighted by Gasteiger charge is 2.53. The maximum atomic E-state index is 12.9. The number of aliphatic hydroxyl groups is 4. The first-order valence-corrected chi connectivity index (χ1v) is 18.9. The molecule has 3 fully saturated rings. The van der Waals surface area contributed by atoms with Crippen molar-refractivity contribution in [1.82, 2.24) is 20.2 Å². The van der Waals surface area contributed by atoms with Crippen molar-refractivity contribution in [3.63, 3.8) is 0 Å². The lowest BCUT2D eigenvalue weighted by Gasteiger charge is -2.39. The van der Waals surface area contributed by atoms with Crippen LogP contribution in [-0.4, -0.2) is 110 Å². The quantitative estimate of drug-likeness (QED) is 0.0823. The number of aromatic amines is 1. The van der Waals surface area contributed by atoms with Gasteiger partial charge in [-0.3, -0.25) is 19.1 Å². The lowest BCUT2D eigenvalue weighted by atomic mass is 9.90. The molecule has 0 unspecified atom stereocenters. The van der Waals surface area contributed by atoms with E-state index in [4.69, 9.17) is 19.9 Å². The minimum absolute atomic E-state index is 0.0373. The van der Waals surface area contributed by atoms with E-state index in [1.165, 1.54) is 64.2 Å². The minimum atomic E-state index is -1.58. The molecule has 1 aromatic rings. The molecule has 286 valence electrons. The first-order valence-electron chi connectivity index (χ1n) is 18.9. The third kappa shape index (κ3) is 11.4. The number of amides is 1. The average molecular weight is 712 g/mol. The molecule has 15 heteroatoms. The molecular formula is C35H61N5O10. The molecule has 0 spiro atoms. The van der Waals surface area contributed by atoms with Crippen LogP contribution in [0.4, 0.5) is 0 Å². The van der Waals surface area contributed by atoms with Crippen LogP contribution in [0.1, 0.15) is 116 Å². The molecule has 3 aliphatic heterocycles. The largest absolute Gasteiger partial charge is 0.387 e. The zero-order valence-corrected chi connectivity index (χ0v) is 29.5. The lowest BCUT2D eigenvalue weighted by molar-refractivity contribution is -0.228. The van der Waals surface area contributed by atoms with Crippen LogP contribution in [0, 0.1) is 0 Å². The van der Waals surface area contributed by atoms with E-state index in [1.807, 2.05) is 0 Å². The maximum absolute atomic E-state index is 12.9. The van der Waals surface area contributed by atoms with Gasteiger partial charge in [-0.2, -0.15) is 0 Å². The van der Waals surface area contributed by atoms with Crippen molar-refractivity contribution in [3.05, 3.63) is 33.1 Å². The summed E-state index contributed by atoms with van der Waals surface area (Å²) in [7, 11) is 0. The van der Waals surface area contributed by atoms with E-state index in [1.54, 1.807) is 0 Å². The van der Waals surface area contributed by atoms with Crippen molar-refractivity contribution in [2.75, 3.05) is 13.1 Å². The highest BCUT2D eigenvalue weighted by Crippen LogP contribution is 2.35. The van der Waals surface area contributed by atoms with Crippen LogP contribution in [0.3, 0.4) is 0 Å². The third-order valence-corrected chi connectivity index (χ3v) is 10.3. The summed E-state index contributed by atoms with van der Waals surface area (Å²) in [6, 6.07) is 0.309. The predicted molar refractivity (Wildman–Crippen MR) is 185 cm³/mol. The van der Waals surface area contributed by atoms with E-state index >= 15 is 0 Å². The Hall–Kier alpha value is -2.21. The standard InChI is InChI=1S/C35H61N5O10/c1-2-3-4-5-6-7-8-9-10-11-12-13-14-15-25(41)38-22-16-18-37-23(20-22)31(50-34-30(46)27(43)24(21-36)48-34)32-28(44)29(45)33(49-32)40-19-17-26(42)39-35(40)47/h17,19,22-24,27-34,37,43-46H,2-16,18,20-21,36H2,1H3,(H,38,41)(H,39,42,47)/t22-,23-,24-,27-,28+,29-,30-,31-,32+,33-,34+/m1/s1. The van der Waals surface area contributed by atoms with Gasteiger partial charge in [-0.05, 0) is 25.8 Å². The molecule has 50 heavy (non-hydrogen) atoms. The van der Waals surface area contributed by atoms with Crippen LogP contribution in [0.5, 0.6) is 0 Å². The molecule has 0 saturated carbocycles. The van der Waals surface area contributed by atoms with Crippen molar-refractivity contribution in [2.24, 2.45) is 5.73 Å². The number of carbonyl (C=O) groups is 1. The van der Waals surface area contributed by atoms with Gasteiger partial charge in [-0.1, -0.05) is 84.0 Å². The summed E-state index contributed by atoms with van der Waals surface area (Å²) in [6.45, 7) is 2.66. The summed E-state index contributed by atoms with van der Waals surface area (Å²) < 4.78 is 18.9. The second-order valence-electron chi connectivity index (χ2n) is 14.2. The molecule has 0 aliphatic carbocycles. The van der Waals surface area contributed by atoms with Gasteiger partial charge in [0.2, 0.25) is 5.91 Å². The number of nitrogens with one attached hydrogen (secondary N) is 3. The fourth-order valence-corrected chi connectivity index (χ4v) is 7.33. The van der Waals surface area contributed by atoms with E-state index in [0.717, 1.165) is 36.1 Å². The first kappa shape index (κ1) is 40.6. The number of carbonyl (C=O) groups excluding carboxylic acids is 1. The van der Waals surface area contributed by atoms with Crippen LogP contribution in [0.2, 0.25) is 0 Å². The number of ether oxygens (including phenoxy) is 3. The Morgan fingerprint density at radius 3 is 2.18 bits per heavy atom. The molecule has 0 bridgehead atoms. The van der Waals surface area contributed by atoms with Crippen LogP contribution < -0.4 is 27.6 Å². The van der Waals surface area contributed by atoms with E-state index in [-0.39, 0.29) is 18.5 Å². The van der Waals surface area contributed by atoms with Crippen LogP contribution in [0.25, 0.3) is 0 Å². The highest BCUT2D eigenvalue weighted by atomic mass is 16.7. The minimum Gasteiger partial charge on any atom is -0.387 e. The fraction of sp³-hybridized carbons (Fsp3) is 0.857. The molecule has 3 saturated heterocycles. The van der Waals surface area contributed by atoms with Gasteiger partial charge in [-0.15, -0.1) is 0 Å². The number of aliphatic hydroxyl groups excluding tert-OH is 4. The third-order valence-electron chi connectivity index (χ3n) is 10.3. The van der Waals surface area contributed by atoms with Crippen molar-refractivity contribution in [3.8, 4) is 0 Å². The van der Waals surface area contributed by atoms with Gasteiger partial charge in [0.15, 0.2) is 12.5 Å². The van der Waals surface area contributed by atoms with Gasteiger partial charge in [0.05, 0.1) is 0 Å². The van der Waals surface area contributed by atoms with Crippen LogP contribution >= 0.6 is 0 Å². The number of rotatable bonds is 21. The number of unbranched alkanes of at least 4 members (excludes halogenated alkanes) is 12. The summed E-state index contributed by atoms with van der Waals surface area (Å²) in [4.78, 5) is 39.1. The Morgan fingerprint density at radius 1 is 0.940 bits per heavy atom. The number of aromatic nitrogens is 2. The molecule has 4 rings (SSSR count). The topological polar surface area (TPSA) is 231 Å². The van der Waals surface area contributed by atoms with Gasteiger partial charge in [0.25, 0.3) is 5.56 Å². The van der Waals surface area contributed by atoms with E-state index in [9.17, 15) is 34.8 Å². The Balaban J connectivity index is 1.29. The van der Waals surface area contributed by atoms with Gasteiger partial charge < -0.3 is 51.0 Å². The Kier molecular flexibility index (Phi) is 16.8. The second kappa shape index (κ2) is 20.7. The molecule has 9 N–H and O–H groups in total. The second-order valence-corrected chi connectivity index (χ2v) is 14.2. The van der Waals surface area contributed by atoms with Gasteiger partial charge in [0, 0.05) is 37.3 Å². The molecule has 15 nitrogen and oxygen atoms in total. The van der Waals surface area contributed by atoms with E-state index in [2.05, 4.69) is 22.5 Å². The van der Waals surface area contributed by atoms with Gasteiger partial charge in [0.1, 0.15) is 42.7 Å². The summed E-state index contributed by atoms with van der Waals surface area (Å²) in [5.74, 6) is -0.0373. The van der Waals surface area contributed by atoms with Crippen molar-refractivity contribution in [1.29, 1.82) is 0 Å². The summed E-state index contributed by atoms with van der Waals surface area (Å²) in [6.07, 6.45) is 6.80. The summed E-state index contributed by atoms with van der Waals surface area (Å²) in [5.41, 5.74) is 4.22. The van der Waals surface area contributed by atoms with Crippen LogP contribution in [-0.2, 0) is 19.0 Å². The number of nitrogens with two attached hydrogens (primary N) is 1. The number of hydrogen-bond donors (Lipinski definition) is 8. The lowest BCUT2D eigenvalue weighted by Crippen LogP contribution is -2.59. The predicted octanol–water partition coefficient (Wildman–Crippen LogP) is 0.665. The zero-order valence-electron chi connectivity index (χ0n) is 29.5. The Labute approximate surface area is 294 Å². The van der Waals surface area contributed by atoms with Crippen molar-refractivity contribution in [2.45, 2.75) is 177 Å². The molecular weight excluding hydrogens is 650 g/mol. The number of hydrogen-bond acceptors (Lipinski definition) is 12. The van der Waals surface area contributed by atoms with Crippen LogP contribution in [0.15, 0.2) is 21.9 Å². The monoisotopic (exact) mass is 711 g/mol. The van der Waals surface area contributed by atoms with Crippen molar-refractivity contribution < 1.29 is 39.4 Å².